The van der Waals surface area contributed by atoms with Crippen molar-refractivity contribution in [1.82, 2.24) is 14.8 Å². The molecule has 3 heterocycles. The summed E-state index contributed by atoms with van der Waals surface area (Å²) in [5.41, 5.74) is 1.54. The van der Waals surface area contributed by atoms with Crippen molar-refractivity contribution in [3.8, 4) is 11.6 Å². The molecule has 4 rings (SSSR count). The molecule has 1 atom stereocenters. The van der Waals surface area contributed by atoms with Gasteiger partial charge in [-0.25, -0.2) is 4.79 Å². The lowest BCUT2D eigenvalue weighted by atomic mass is 9.88. The number of hydrogen-bond donors (Lipinski definition) is 1. The van der Waals surface area contributed by atoms with Gasteiger partial charge in [0.15, 0.2) is 15.6 Å². The molecule has 0 aromatic carbocycles. The molecule has 182 valence electrons. The van der Waals surface area contributed by atoms with Crippen molar-refractivity contribution in [1.29, 1.82) is 0 Å². The lowest BCUT2D eigenvalue weighted by Crippen LogP contribution is -2.18. The maximum Gasteiger partial charge on any atom is 0.341 e. The van der Waals surface area contributed by atoms with Crippen LogP contribution in [0.25, 0.3) is 11.6 Å². The lowest BCUT2D eigenvalue weighted by molar-refractivity contribution is -0.113. The molecule has 0 saturated heterocycles. The predicted molar refractivity (Wildman–Crippen MR) is 137 cm³/mol. The molecular formula is C23H27BrN4O4S2. The highest BCUT2D eigenvalue weighted by atomic mass is 79.9. The largest absolute Gasteiger partial charge is 0.462 e. The fourth-order valence-electron chi connectivity index (χ4n) is 3.99. The minimum atomic E-state index is -0.369. The van der Waals surface area contributed by atoms with Gasteiger partial charge in [-0.05, 0) is 79.6 Å². The van der Waals surface area contributed by atoms with Crippen molar-refractivity contribution in [2.24, 2.45) is 5.92 Å². The Balaban J connectivity index is 1.51. The third-order valence-electron chi connectivity index (χ3n) is 5.55. The summed E-state index contributed by atoms with van der Waals surface area (Å²) < 4.78 is 13.5. The number of rotatable bonds is 8. The van der Waals surface area contributed by atoms with Gasteiger partial charge in [0, 0.05) is 10.9 Å². The van der Waals surface area contributed by atoms with Crippen LogP contribution in [0.15, 0.2) is 26.4 Å². The zero-order chi connectivity index (χ0) is 24.4. The van der Waals surface area contributed by atoms with Gasteiger partial charge in [0.2, 0.25) is 11.7 Å². The van der Waals surface area contributed by atoms with Gasteiger partial charge in [0.05, 0.1) is 17.9 Å². The Morgan fingerprint density at radius 1 is 1.38 bits per heavy atom. The first-order valence-corrected chi connectivity index (χ1v) is 13.8. The van der Waals surface area contributed by atoms with E-state index in [0.29, 0.717) is 44.5 Å². The van der Waals surface area contributed by atoms with Crippen LogP contribution in [0.4, 0.5) is 5.00 Å². The molecule has 0 bridgehead atoms. The lowest BCUT2D eigenvalue weighted by Gasteiger charge is -2.18. The standard InChI is InChI=1S/C23H27BrN4O4S2/c1-5-31-22(30)19-14-7-6-13(4)10-16(14)34-21(19)25-18(29)11-33-23-27-26-20(28(23)12(2)3)15-8-9-17(24)32-15/h8-9,12-13H,5-7,10-11H2,1-4H3,(H,25,29). The first-order chi connectivity index (χ1) is 16.3. The Kier molecular flexibility index (Phi) is 7.83. The Labute approximate surface area is 215 Å². The number of aromatic nitrogens is 3. The number of esters is 1. The van der Waals surface area contributed by atoms with Crippen LogP contribution in [-0.4, -0.2) is 39.0 Å². The summed E-state index contributed by atoms with van der Waals surface area (Å²) in [6.45, 7) is 8.34. The molecule has 0 aliphatic heterocycles. The zero-order valence-corrected chi connectivity index (χ0v) is 22.7. The average Bonchev–Trinajstić information content (AvgIpc) is 3.48. The van der Waals surface area contributed by atoms with Crippen LogP contribution < -0.4 is 5.32 Å². The van der Waals surface area contributed by atoms with Crippen molar-refractivity contribution in [3.63, 3.8) is 0 Å². The monoisotopic (exact) mass is 566 g/mol. The normalized spacial score (nSPS) is 15.4. The molecular weight excluding hydrogens is 540 g/mol. The van der Waals surface area contributed by atoms with Gasteiger partial charge < -0.3 is 14.5 Å². The quantitative estimate of drug-likeness (QED) is 0.264. The summed E-state index contributed by atoms with van der Waals surface area (Å²) in [6.07, 6.45) is 2.77. The third kappa shape index (κ3) is 5.26. The molecule has 0 spiro atoms. The van der Waals surface area contributed by atoms with Gasteiger partial charge in [-0.3, -0.25) is 9.36 Å². The molecule has 3 aromatic heterocycles. The van der Waals surface area contributed by atoms with Gasteiger partial charge in [0.1, 0.15) is 5.00 Å². The van der Waals surface area contributed by atoms with Crippen LogP contribution in [0.2, 0.25) is 0 Å². The topological polar surface area (TPSA) is 99.2 Å². The number of halogens is 1. The molecule has 0 fully saturated rings. The second kappa shape index (κ2) is 10.7. The molecule has 11 heteroatoms. The molecule has 0 saturated carbocycles. The molecule has 1 aliphatic carbocycles. The molecule has 1 amide bonds. The number of carbonyl (C=O) groups is 2. The van der Waals surface area contributed by atoms with E-state index in [1.165, 1.54) is 28.0 Å². The number of thiophene rings is 1. The van der Waals surface area contributed by atoms with Gasteiger partial charge in [-0.2, -0.15) is 0 Å². The maximum atomic E-state index is 12.9. The summed E-state index contributed by atoms with van der Waals surface area (Å²) in [7, 11) is 0. The molecule has 1 aliphatic rings. The number of hydrogen-bond acceptors (Lipinski definition) is 8. The van der Waals surface area contributed by atoms with E-state index >= 15 is 0 Å². The number of ether oxygens (including phenoxy) is 1. The Morgan fingerprint density at radius 2 is 2.18 bits per heavy atom. The van der Waals surface area contributed by atoms with Crippen molar-refractivity contribution in [2.45, 2.75) is 58.2 Å². The van der Waals surface area contributed by atoms with Gasteiger partial charge in [-0.1, -0.05) is 18.7 Å². The van der Waals surface area contributed by atoms with Crippen LogP contribution in [0.5, 0.6) is 0 Å². The van der Waals surface area contributed by atoms with Crippen LogP contribution >= 0.6 is 39.0 Å². The Morgan fingerprint density at radius 3 is 2.85 bits per heavy atom. The summed E-state index contributed by atoms with van der Waals surface area (Å²) in [5.74, 6) is 1.32. The number of carbonyl (C=O) groups excluding carboxylic acids is 2. The Hall–Kier alpha value is -2.11. The average molecular weight is 568 g/mol. The predicted octanol–water partition coefficient (Wildman–Crippen LogP) is 5.98. The molecule has 3 aromatic rings. The summed E-state index contributed by atoms with van der Waals surface area (Å²) in [4.78, 5) is 26.8. The van der Waals surface area contributed by atoms with Crippen LogP contribution in [0.1, 0.15) is 61.0 Å². The number of fused-ring (bicyclic) bond motifs is 1. The minimum Gasteiger partial charge on any atom is -0.462 e. The zero-order valence-electron chi connectivity index (χ0n) is 19.5. The first-order valence-electron chi connectivity index (χ1n) is 11.2. The summed E-state index contributed by atoms with van der Waals surface area (Å²) in [6, 6.07) is 3.70. The van der Waals surface area contributed by atoms with Crippen molar-refractivity contribution in [3.05, 3.63) is 32.8 Å². The van der Waals surface area contributed by atoms with Crippen LogP contribution in [-0.2, 0) is 22.4 Å². The van der Waals surface area contributed by atoms with E-state index < -0.39 is 0 Å². The number of furan rings is 1. The Bertz CT molecular complexity index is 1200. The number of nitrogens with zero attached hydrogens (tertiary/aromatic N) is 3. The summed E-state index contributed by atoms with van der Waals surface area (Å²) in [5, 5.41) is 12.7. The molecule has 1 N–H and O–H groups in total. The van der Waals surface area contributed by atoms with E-state index in [-0.39, 0.29) is 23.7 Å². The highest BCUT2D eigenvalue weighted by Gasteiger charge is 2.29. The van der Waals surface area contributed by atoms with E-state index in [1.807, 2.05) is 24.5 Å². The number of amides is 1. The van der Waals surface area contributed by atoms with Crippen molar-refractivity contribution in [2.75, 3.05) is 17.7 Å². The summed E-state index contributed by atoms with van der Waals surface area (Å²) >= 11 is 6.10. The third-order valence-corrected chi connectivity index (χ3v) is 8.09. The minimum absolute atomic E-state index is 0.0702. The van der Waals surface area contributed by atoms with Gasteiger partial charge >= 0.3 is 5.97 Å². The van der Waals surface area contributed by atoms with Crippen molar-refractivity contribution < 1.29 is 18.7 Å². The fraction of sp³-hybridized carbons (Fsp3) is 0.478. The first kappa shape index (κ1) is 25.0. The number of anilines is 1. The van der Waals surface area contributed by atoms with Crippen LogP contribution in [0, 0.1) is 5.92 Å². The number of nitrogens with one attached hydrogen (secondary N) is 1. The van der Waals surface area contributed by atoms with E-state index in [4.69, 9.17) is 9.15 Å². The number of thioether (sulfide) groups is 1. The fourth-order valence-corrected chi connectivity index (χ4v) is 6.58. The maximum absolute atomic E-state index is 12.9. The van der Waals surface area contributed by atoms with E-state index in [0.717, 1.165) is 24.8 Å². The highest BCUT2D eigenvalue weighted by Crippen LogP contribution is 2.40. The second-order valence-corrected chi connectivity index (χ2v) is 11.3. The highest BCUT2D eigenvalue weighted by molar-refractivity contribution is 9.10. The smallest absolute Gasteiger partial charge is 0.341 e. The van der Waals surface area contributed by atoms with Gasteiger partial charge in [-0.15, -0.1) is 21.5 Å². The molecule has 1 unspecified atom stereocenters. The van der Waals surface area contributed by atoms with Crippen LogP contribution in [0.3, 0.4) is 0 Å². The molecule has 34 heavy (non-hydrogen) atoms. The second-order valence-electron chi connectivity index (χ2n) is 8.49. The molecule has 0 radical (unpaired) electrons. The van der Waals surface area contributed by atoms with E-state index in [2.05, 4.69) is 38.4 Å². The SMILES string of the molecule is CCOC(=O)c1c(NC(=O)CSc2nnc(-c3ccc(Br)o3)n2C(C)C)sc2c1CCC(C)C2. The van der Waals surface area contributed by atoms with Crippen molar-refractivity contribution >= 4 is 55.9 Å². The van der Waals surface area contributed by atoms with E-state index in [1.54, 1.807) is 13.0 Å². The molecule has 8 nitrogen and oxygen atoms in total. The van der Waals surface area contributed by atoms with E-state index in [9.17, 15) is 9.59 Å². The van der Waals surface area contributed by atoms with Gasteiger partial charge in [0.25, 0.3) is 0 Å².